The molecule has 2 N–H and O–H groups in total. The van der Waals surface area contributed by atoms with E-state index in [0.717, 1.165) is 24.4 Å². The second-order valence-electron chi connectivity index (χ2n) is 6.35. The summed E-state index contributed by atoms with van der Waals surface area (Å²) in [4.78, 5) is 14.2. The summed E-state index contributed by atoms with van der Waals surface area (Å²) in [6.07, 6.45) is -1.14. The predicted molar refractivity (Wildman–Crippen MR) is 118 cm³/mol. The highest BCUT2D eigenvalue weighted by Crippen LogP contribution is 2.34. The molecule has 1 aliphatic heterocycles. The molecular weight excluding hydrogens is 520 g/mol. The number of aromatic nitrogens is 2. The van der Waals surface area contributed by atoms with Crippen molar-refractivity contribution in [1.29, 1.82) is 0 Å². The maximum Gasteiger partial charge on any atom is 0.417 e. The minimum Gasteiger partial charge on any atom is -0.353 e. The highest BCUT2D eigenvalue weighted by Gasteiger charge is 2.33. The summed E-state index contributed by atoms with van der Waals surface area (Å²) < 4.78 is 38.3. The van der Waals surface area contributed by atoms with Crippen LogP contribution in [0.5, 0.6) is 0 Å². The van der Waals surface area contributed by atoms with E-state index in [1.807, 2.05) is 23.1 Å². The molecule has 1 atom stereocenters. The quantitative estimate of drug-likeness (QED) is 0.352. The third-order valence-corrected chi connectivity index (χ3v) is 4.64. The summed E-state index contributed by atoms with van der Waals surface area (Å²) >= 11 is 6.05. The van der Waals surface area contributed by atoms with Gasteiger partial charge in [-0.2, -0.15) is 13.2 Å². The maximum absolute atomic E-state index is 12.8. The lowest BCUT2D eigenvalue weighted by atomic mass is 10.2. The molecule has 1 saturated heterocycles. The molecule has 3 rings (SSSR count). The van der Waals surface area contributed by atoms with Gasteiger partial charge in [-0.25, -0.2) is 4.98 Å². The fourth-order valence-electron chi connectivity index (χ4n) is 2.95. The SMILES string of the molecule is CN=C(NCc1ccccn1)NC1CCN(c2ncc(C(F)(F)F)cc2Cl)C1.I. The number of hydrogen-bond donors (Lipinski definition) is 2. The number of alkyl halides is 3. The van der Waals surface area contributed by atoms with Gasteiger partial charge in [-0.3, -0.25) is 9.98 Å². The lowest BCUT2D eigenvalue weighted by Gasteiger charge is -2.21. The Kier molecular flexibility index (Phi) is 8.32. The van der Waals surface area contributed by atoms with Crippen molar-refractivity contribution < 1.29 is 13.2 Å². The maximum atomic E-state index is 12.8. The van der Waals surface area contributed by atoms with Crippen LogP contribution in [-0.2, 0) is 12.7 Å². The van der Waals surface area contributed by atoms with E-state index in [-0.39, 0.29) is 35.0 Å². The van der Waals surface area contributed by atoms with Crippen LogP contribution in [-0.4, -0.2) is 42.1 Å². The van der Waals surface area contributed by atoms with Gasteiger partial charge in [-0.15, -0.1) is 24.0 Å². The number of nitrogens with one attached hydrogen (secondary N) is 2. The van der Waals surface area contributed by atoms with Gasteiger partial charge < -0.3 is 15.5 Å². The largest absolute Gasteiger partial charge is 0.417 e. The first-order valence-corrected chi connectivity index (χ1v) is 9.09. The van der Waals surface area contributed by atoms with Crippen LogP contribution in [0.3, 0.4) is 0 Å². The summed E-state index contributed by atoms with van der Waals surface area (Å²) in [6.45, 7) is 1.72. The molecule has 0 aliphatic carbocycles. The van der Waals surface area contributed by atoms with Gasteiger partial charge in [0.15, 0.2) is 5.96 Å². The Morgan fingerprint density at radius 3 is 2.76 bits per heavy atom. The van der Waals surface area contributed by atoms with Gasteiger partial charge in [0.1, 0.15) is 5.82 Å². The Bertz CT molecular complexity index is 834. The van der Waals surface area contributed by atoms with Gasteiger partial charge in [-0.05, 0) is 24.6 Å². The lowest BCUT2D eigenvalue weighted by Crippen LogP contribution is -2.44. The summed E-state index contributed by atoms with van der Waals surface area (Å²) in [6, 6.07) is 6.66. The van der Waals surface area contributed by atoms with Crippen LogP contribution in [0.2, 0.25) is 5.02 Å². The van der Waals surface area contributed by atoms with Gasteiger partial charge in [0.25, 0.3) is 0 Å². The minimum atomic E-state index is -4.46. The number of halogens is 5. The standard InChI is InChI=1S/C18H20ClF3N6.HI/c1-23-17(26-10-13-4-2-3-6-24-13)27-14-5-7-28(11-14)16-15(19)8-12(9-25-16)18(20,21)22;/h2-4,6,8-9,14H,5,7,10-11H2,1H3,(H2,23,26,27);1H. The molecule has 1 fully saturated rings. The number of anilines is 1. The molecule has 0 amide bonds. The van der Waals surface area contributed by atoms with Crippen molar-refractivity contribution in [2.75, 3.05) is 25.0 Å². The Hall–Kier alpha value is -1.82. The summed E-state index contributed by atoms with van der Waals surface area (Å²) in [5.41, 5.74) is 0.0356. The average molecular weight is 541 g/mol. The normalized spacial score (nSPS) is 17.1. The zero-order chi connectivity index (χ0) is 20.1. The van der Waals surface area contributed by atoms with Crippen LogP contribution < -0.4 is 15.5 Å². The fourth-order valence-corrected chi connectivity index (χ4v) is 3.24. The molecule has 0 aromatic carbocycles. The summed E-state index contributed by atoms with van der Waals surface area (Å²) in [5, 5.41) is 6.50. The van der Waals surface area contributed by atoms with Crippen molar-refractivity contribution in [1.82, 2.24) is 20.6 Å². The van der Waals surface area contributed by atoms with Crippen LogP contribution in [0.15, 0.2) is 41.7 Å². The first-order chi connectivity index (χ1) is 13.4. The van der Waals surface area contributed by atoms with E-state index in [2.05, 4.69) is 25.6 Å². The first kappa shape index (κ1) is 23.5. The van der Waals surface area contributed by atoms with Crippen LogP contribution in [0.4, 0.5) is 19.0 Å². The third-order valence-electron chi connectivity index (χ3n) is 4.36. The van der Waals surface area contributed by atoms with Gasteiger partial charge in [0.2, 0.25) is 0 Å². The summed E-state index contributed by atoms with van der Waals surface area (Å²) in [7, 11) is 1.68. The van der Waals surface area contributed by atoms with Gasteiger partial charge in [0.05, 0.1) is 22.8 Å². The molecule has 2 aromatic rings. The molecule has 11 heteroatoms. The first-order valence-electron chi connectivity index (χ1n) is 8.71. The van der Waals surface area contributed by atoms with E-state index in [1.54, 1.807) is 13.2 Å². The van der Waals surface area contributed by atoms with Crippen LogP contribution in [0.1, 0.15) is 17.7 Å². The molecule has 158 valence electrons. The Morgan fingerprint density at radius 1 is 1.34 bits per heavy atom. The topological polar surface area (TPSA) is 65.4 Å². The second-order valence-corrected chi connectivity index (χ2v) is 6.76. The zero-order valence-electron chi connectivity index (χ0n) is 15.6. The molecule has 2 aromatic heterocycles. The molecule has 3 heterocycles. The summed E-state index contributed by atoms with van der Waals surface area (Å²) in [5.74, 6) is 0.986. The average Bonchev–Trinajstić information content (AvgIpc) is 3.13. The predicted octanol–water partition coefficient (Wildman–Crippen LogP) is 3.71. The second kappa shape index (κ2) is 10.3. The number of hydrogen-bond acceptors (Lipinski definition) is 4. The third kappa shape index (κ3) is 6.33. The van der Waals surface area contributed by atoms with Crippen molar-refractivity contribution in [3.63, 3.8) is 0 Å². The molecule has 0 radical (unpaired) electrons. The van der Waals surface area contributed by atoms with Crippen molar-refractivity contribution in [3.8, 4) is 0 Å². The van der Waals surface area contributed by atoms with Crippen molar-refractivity contribution in [2.45, 2.75) is 25.2 Å². The number of guanidine groups is 1. The highest BCUT2D eigenvalue weighted by molar-refractivity contribution is 14.0. The lowest BCUT2D eigenvalue weighted by molar-refractivity contribution is -0.137. The van der Waals surface area contributed by atoms with Gasteiger partial charge >= 0.3 is 6.18 Å². The van der Waals surface area contributed by atoms with E-state index in [9.17, 15) is 13.2 Å². The van der Waals surface area contributed by atoms with E-state index >= 15 is 0 Å². The van der Waals surface area contributed by atoms with Crippen LogP contribution in [0, 0.1) is 0 Å². The van der Waals surface area contributed by atoms with E-state index in [1.165, 1.54) is 0 Å². The Balaban J connectivity index is 0.00000300. The van der Waals surface area contributed by atoms with E-state index < -0.39 is 11.7 Å². The van der Waals surface area contributed by atoms with Crippen LogP contribution in [0.25, 0.3) is 0 Å². The molecule has 6 nitrogen and oxygen atoms in total. The molecule has 0 spiro atoms. The van der Waals surface area contributed by atoms with Crippen molar-refractivity contribution >= 4 is 47.4 Å². The Morgan fingerprint density at radius 2 is 2.14 bits per heavy atom. The fraction of sp³-hybridized carbons (Fsp3) is 0.389. The molecular formula is C18H21ClF3IN6. The van der Waals surface area contributed by atoms with Gasteiger partial charge in [0, 0.05) is 38.6 Å². The van der Waals surface area contributed by atoms with E-state index in [0.29, 0.717) is 31.4 Å². The number of nitrogens with zero attached hydrogens (tertiary/aromatic N) is 4. The zero-order valence-corrected chi connectivity index (χ0v) is 18.7. The Labute approximate surface area is 189 Å². The molecule has 29 heavy (non-hydrogen) atoms. The van der Waals surface area contributed by atoms with Crippen molar-refractivity contribution in [3.05, 3.63) is 52.9 Å². The van der Waals surface area contributed by atoms with Crippen LogP contribution >= 0.6 is 35.6 Å². The molecule has 1 unspecified atom stereocenters. The van der Waals surface area contributed by atoms with Gasteiger partial charge in [-0.1, -0.05) is 17.7 Å². The molecule has 0 bridgehead atoms. The number of pyridine rings is 2. The van der Waals surface area contributed by atoms with Crippen molar-refractivity contribution in [2.24, 2.45) is 4.99 Å². The molecule has 1 aliphatic rings. The smallest absolute Gasteiger partial charge is 0.353 e. The highest BCUT2D eigenvalue weighted by atomic mass is 127. The number of rotatable bonds is 4. The minimum absolute atomic E-state index is 0. The number of aliphatic imine (C=N–C) groups is 1. The monoisotopic (exact) mass is 540 g/mol. The molecule has 0 saturated carbocycles. The van der Waals surface area contributed by atoms with E-state index in [4.69, 9.17) is 11.6 Å².